The SMILES string of the molecule is CCCC(CC)C(C)C(CN(CC(=O)O)CC(=O)N(CC)CC)=S1CCC1. The van der Waals surface area contributed by atoms with E-state index in [2.05, 4.69) is 20.8 Å². The van der Waals surface area contributed by atoms with Gasteiger partial charge in [-0.15, -0.1) is 0 Å². The van der Waals surface area contributed by atoms with Gasteiger partial charge in [-0.3, -0.25) is 14.5 Å². The number of nitrogens with zero attached hydrogens (tertiary/aromatic N) is 2. The molecule has 27 heavy (non-hydrogen) atoms. The summed E-state index contributed by atoms with van der Waals surface area (Å²) in [6.45, 7) is 12.9. The van der Waals surface area contributed by atoms with Gasteiger partial charge >= 0.3 is 5.97 Å². The number of likely N-dealkylation sites (N-methyl/N-ethyl adjacent to an activating group) is 1. The number of amides is 1. The van der Waals surface area contributed by atoms with Gasteiger partial charge in [0.25, 0.3) is 0 Å². The van der Waals surface area contributed by atoms with Crippen molar-refractivity contribution >= 4 is 27.2 Å². The van der Waals surface area contributed by atoms with Crippen LogP contribution in [0.3, 0.4) is 0 Å². The number of carboxylic acids is 1. The van der Waals surface area contributed by atoms with Gasteiger partial charge in [-0.2, -0.15) is 10.5 Å². The van der Waals surface area contributed by atoms with Crippen molar-refractivity contribution in [3.8, 4) is 0 Å². The number of carbonyl (C=O) groups is 2. The zero-order chi connectivity index (χ0) is 20.4. The van der Waals surface area contributed by atoms with E-state index in [-0.39, 0.29) is 19.0 Å². The van der Waals surface area contributed by atoms with E-state index < -0.39 is 5.97 Å². The lowest BCUT2D eigenvalue weighted by Crippen LogP contribution is -2.45. The minimum atomic E-state index is -0.855. The molecule has 0 spiro atoms. The molecule has 0 aliphatic carbocycles. The van der Waals surface area contributed by atoms with Gasteiger partial charge < -0.3 is 10.0 Å². The number of hydrogen-bond acceptors (Lipinski definition) is 3. The van der Waals surface area contributed by atoms with Crippen molar-refractivity contribution < 1.29 is 14.7 Å². The minimum Gasteiger partial charge on any atom is -0.480 e. The van der Waals surface area contributed by atoms with E-state index in [9.17, 15) is 14.7 Å². The first-order chi connectivity index (χ1) is 12.9. The summed E-state index contributed by atoms with van der Waals surface area (Å²) in [7, 11) is 0.303. The van der Waals surface area contributed by atoms with Crippen molar-refractivity contribution in [3.63, 3.8) is 0 Å². The predicted octanol–water partition coefficient (Wildman–Crippen LogP) is 3.55. The molecule has 0 aromatic carbocycles. The molecule has 1 aliphatic rings. The summed E-state index contributed by atoms with van der Waals surface area (Å²) in [5.74, 6) is 2.82. The van der Waals surface area contributed by atoms with Crippen LogP contribution < -0.4 is 0 Å². The van der Waals surface area contributed by atoms with Gasteiger partial charge in [0.15, 0.2) is 0 Å². The minimum absolute atomic E-state index is 0.0331. The Morgan fingerprint density at radius 1 is 1.04 bits per heavy atom. The summed E-state index contributed by atoms with van der Waals surface area (Å²) in [6.07, 6.45) is 4.84. The highest BCUT2D eigenvalue weighted by molar-refractivity contribution is 8.17. The summed E-state index contributed by atoms with van der Waals surface area (Å²) in [6, 6.07) is 0. The second-order valence-electron chi connectivity index (χ2n) is 7.57. The number of carbonyl (C=O) groups excluding carboxylic acids is 1. The molecule has 1 saturated heterocycles. The predicted molar refractivity (Wildman–Crippen MR) is 117 cm³/mol. The summed E-state index contributed by atoms with van der Waals surface area (Å²) >= 11 is 0. The second kappa shape index (κ2) is 12.6. The van der Waals surface area contributed by atoms with Gasteiger partial charge in [-0.05, 0) is 48.5 Å². The Morgan fingerprint density at radius 2 is 1.67 bits per heavy atom. The van der Waals surface area contributed by atoms with Gasteiger partial charge in [-0.1, -0.05) is 40.0 Å². The van der Waals surface area contributed by atoms with Crippen molar-refractivity contribution in [2.45, 2.75) is 60.3 Å². The molecule has 158 valence electrons. The lowest BCUT2D eigenvalue weighted by atomic mass is 9.85. The van der Waals surface area contributed by atoms with Gasteiger partial charge in [-0.25, -0.2) is 0 Å². The summed E-state index contributed by atoms with van der Waals surface area (Å²) in [4.78, 5) is 29.2. The van der Waals surface area contributed by atoms with Crippen LogP contribution in [0.1, 0.15) is 60.3 Å². The highest BCUT2D eigenvalue weighted by Crippen LogP contribution is 2.34. The molecule has 1 heterocycles. The Hall–Kier alpha value is -0.880. The third kappa shape index (κ3) is 7.57. The van der Waals surface area contributed by atoms with Crippen molar-refractivity contribution in [1.82, 2.24) is 9.80 Å². The van der Waals surface area contributed by atoms with Crippen LogP contribution in [0.2, 0.25) is 0 Å². The molecule has 1 N–H and O–H groups in total. The normalized spacial score (nSPS) is 16.7. The van der Waals surface area contributed by atoms with E-state index in [1.165, 1.54) is 35.6 Å². The molecular weight excluding hydrogens is 360 g/mol. The van der Waals surface area contributed by atoms with E-state index in [4.69, 9.17) is 0 Å². The third-order valence-corrected chi connectivity index (χ3v) is 8.57. The average Bonchev–Trinajstić information content (AvgIpc) is 2.57. The van der Waals surface area contributed by atoms with Crippen molar-refractivity contribution in [2.24, 2.45) is 11.8 Å². The molecule has 2 unspecified atom stereocenters. The van der Waals surface area contributed by atoms with Crippen LogP contribution in [0, 0.1) is 11.8 Å². The molecule has 1 fully saturated rings. The van der Waals surface area contributed by atoms with E-state index >= 15 is 0 Å². The molecule has 0 bridgehead atoms. The Labute approximate surface area is 168 Å². The maximum atomic E-state index is 12.6. The lowest BCUT2D eigenvalue weighted by Gasteiger charge is -2.35. The average molecular weight is 401 g/mol. The monoisotopic (exact) mass is 400 g/mol. The topological polar surface area (TPSA) is 60.9 Å². The standard InChI is InChI=1S/C21H40N2O3S/c1-6-11-18(7-2)17(5)19(27-12-10-13-27)14-22(16-21(25)26)15-20(24)23(8-3)9-4/h17-18H,6-16H2,1-5H3,(H,25,26). The second-order valence-corrected chi connectivity index (χ2v) is 9.90. The molecule has 1 aliphatic heterocycles. The highest BCUT2D eigenvalue weighted by atomic mass is 32.2. The van der Waals surface area contributed by atoms with Crippen LogP contribution in [-0.4, -0.2) is 75.9 Å². The van der Waals surface area contributed by atoms with Gasteiger partial charge in [0.05, 0.1) is 13.1 Å². The first-order valence-corrected chi connectivity index (χ1v) is 12.2. The Bertz CT molecular complexity index is 512. The zero-order valence-electron chi connectivity index (χ0n) is 18.0. The molecule has 1 amide bonds. The fraction of sp³-hybridized carbons (Fsp3) is 0.857. The van der Waals surface area contributed by atoms with Gasteiger partial charge in [0.2, 0.25) is 5.91 Å². The first-order valence-electron chi connectivity index (χ1n) is 10.6. The Balaban J connectivity index is 2.98. The van der Waals surface area contributed by atoms with Crippen LogP contribution in [0.15, 0.2) is 0 Å². The maximum absolute atomic E-state index is 12.6. The van der Waals surface area contributed by atoms with Crippen LogP contribution in [0.25, 0.3) is 0 Å². The summed E-state index contributed by atoms with van der Waals surface area (Å²) in [5.41, 5.74) is 0. The molecular formula is C21H40N2O3S. The molecule has 0 radical (unpaired) electrons. The van der Waals surface area contributed by atoms with Crippen molar-refractivity contribution in [2.75, 3.05) is 44.2 Å². The Kier molecular flexibility index (Phi) is 11.2. The summed E-state index contributed by atoms with van der Waals surface area (Å²) < 4.78 is 0. The number of hydrogen-bond donors (Lipinski definition) is 1. The maximum Gasteiger partial charge on any atom is 0.317 e. The third-order valence-electron chi connectivity index (χ3n) is 5.76. The Morgan fingerprint density at radius 3 is 2.07 bits per heavy atom. The fourth-order valence-electron chi connectivity index (χ4n) is 3.94. The van der Waals surface area contributed by atoms with E-state index in [1.54, 1.807) is 4.90 Å². The molecule has 1 rings (SSSR count). The zero-order valence-corrected chi connectivity index (χ0v) is 18.8. The lowest BCUT2D eigenvalue weighted by molar-refractivity contribution is -0.139. The number of rotatable bonds is 13. The van der Waals surface area contributed by atoms with Crippen molar-refractivity contribution in [1.29, 1.82) is 0 Å². The van der Waals surface area contributed by atoms with E-state index in [1.807, 2.05) is 18.7 Å². The molecule has 6 heteroatoms. The molecule has 5 nitrogen and oxygen atoms in total. The van der Waals surface area contributed by atoms with Crippen LogP contribution >= 0.6 is 10.5 Å². The first kappa shape index (κ1) is 24.2. The summed E-state index contributed by atoms with van der Waals surface area (Å²) in [5, 5.41) is 9.38. The van der Waals surface area contributed by atoms with Crippen LogP contribution in [0.4, 0.5) is 0 Å². The highest BCUT2D eigenvalue weighted by Gasteiger charge is 2.27. The molecule has 0 aromatic rings. The molecule has 2 atom stereocenters. The fourth-order valence-corrected chi connectivity index (χ4v) is 6.12. The molecule has 0 saturated carbocycles. The van der Waals surface area contributed by atoms with E-state index in [0.29, 0.717) is 42.0 Å². The number of carboxylic acid groups (broad SMARTS) is 1. The van der Waals surface area contributed by atoms with Gasteiger partial charge in [0.1, 0.15) is 0 Å². The smallest absolute Gasteiger partial charge is 0.317 e. The van der Waals surface area contributed by atoms with Gasteiger partial charge in [0, 0.05) is 19.6 Å². The number of aliphatic carboxylic acids is 1. The van der Waals surface area contributed by atoms with E-state index in [0.717, 1.165) is 6.42 Å². The largest absolute Gasteiger partial charge is 0.480 e. The van der Waals surface area contributed by atoms with Crippen molar-refractivity contribution in [3.05, 3.63) is 0 Å². The van der Waals surface area contributed by atoms with Crippen LogP contribution in [0.5, 0.6) is 0 Å². The quantitative estimate of drug-likeness (QED) is 0.480. The molecule has 0 aromatic heterocycles. The van der Waals surface area contributed by atoms with Crippen LogP contribution in [-0.2, 0) is 9.59 Å².